The first-order valence-corrected chi connectivity index (χ1v) is 10.4. The van der Waals surface area contributed by atoms with E-state index in [4.69, 9.17) is 4.74 Å². The minimum atomic E-state index is -0.381. The van der Waals surface area contributed by atoms with Gasteiger partial charge in [-0.1, -0.05) is 26.8 Å². The smallest absolute Gasteiger partial charge is 0.406 e. The molecule has 0 saturated heterocycles. The zero-order valence-electron chi connectivity index (χ0n) is 17.0. The number of hydrogen-bond acceptors (Lipinski definition) is 3. The second kappa shape index (κ2) is 6.42. The van der Waals surface area contributed by atoms with Crippen molar-refractivity contribution in [1.29, 1.82) is 0 Å². The van der Waals surface area contributed by atoms with Crippen LogP contribution in [0, 0.1) is 23.2 Å². The Morgan fingerprint density at radius 3 is 2.78 bits per heavy atom. The maximum atomic E-state index is 11.7. The summed E-state index contributed by atoms with van der Waals surface area (Å²) in [5.74, 6) is 2.70. The van der Waals surface area contributed by atoms with Crippen LogP contribution in [0.4, 0.5) is 4.79 Å². The number of phenols is 1. The molecule has 0 spiro atoms. The molecule has 2 saturated carbocycles. The average Bonchev–Trinajstić information content (AvgIpc) is 2.95. The second-order valence-electron chi connectivity index (χ2n) is 9.69. The van der Waals surface area contributed by atoms with E-state index in [9.17, 15) is 9.90 Å². The Labute approximate surface area is 162 Å². The number of hydrogen-bond donors (Lipinski definition) is 2. The molecule has 2 N–H and O–H groups in total. The summed E-state index contributed by atoms with van der Waals surface area (Å²) in [7, 11) is 1.40. The third-order valence-corrected chi connectivity index (χ3v) is 8.68. The zero-order valence-corrected chi connectivity index (χ0v) is 17.0. The van der Waals surface area contributed by atoms with E-state index in [2.05, 4.69) is 32.2 Å². The summed E-state index contributed by atoms with van der Waals surface area (Å²) in [6.45, 7) is 7.96. The molecule has 1 aromatic carbocycles. The molecule has 0 aliphatic heterocycles. The van der Waals surface area contributed by atoms with Crippen molar-refractivity contribution in [3.8, 4) is 5.75 Å². The summed E-state index contributed by atoms with van der Waals surface area (Å²) in [4.78, 5) is 11.7. The van der Waals surface area contributed by atoms with Crippen LogP contribution in [0.15, 0.2) is 18.2 Å². The molecule has 4 nitrogen and oxygen atoms in total. The standard InChI is InChI=1S/C23H33NO3/c1-14-5-7-19-20-11-15(13-24-21(26)27-4)17-12-16(25)6-8-18(17)23(20,3)10-9-22(14,19)2/h6,8,12,14-15,19-20,25H,5,7,9-11,13H2,1-4H3,(H,24,26)/t14?,15-,19?,20?,22?,23+/m0/s1. The number of nitrogens with one attached hydrogen (secondary N) is 1. The van der Waals surface area contributed by atoms with Crippen molar-refractivity contribution in [1.82, 2.24) is 5.32 Å². The van der Waals surface area contributed by atoms with E-state index in [1.165, 1.54) is 43.9 Å². The van der Waals surface area contributed by atoms with Gasteiger partial charge in [0.05, 0.1) is 7.11 Å². The molecular formula is C23H33NO3. The van der Waals surface area contributed by atoms with Gasteiger partial charge in [-0.2, -0.15) is 0 Å². The SMILES string of the molecule is COC(=O)NC[C@@H]1CC2C3CCC(C)C3(C)CC[C@]2(C)c2ccc(O)cc21. The molecule has 2 fully saturated rings. The number of ether oxygens (including phenoxy) is 1. The quantitative estimate of drug-likeness (QED) is 0.773. The fourth-order valence-corrected chi connectivity index (χ4v) is 6.78. The van der Waals surface area contributed by atoms with Gasteiger partial charge in [0.2, 0.25) is 0 Å². The van der Waals surface area contributed by atoms with Crippen LogP contribution in [-0.2, 0) is 10.2 Å². The third-order valence-electron chi connectivity index (χ3n) is 8.68. The van der Waals surface area contributed by atoms with Crippen LogP contribution in [0.3, 0.4) is 0 Å². The number of carbonyl (C=O) groups excluding carboxylic acids is 1. The number of benzene rings is 1. The molecule has 1 amide bonds. The molecule has 1 aromatic rings. The fourth-order valence-electron chi connectivity index (χ4n) is 6.78. The van der Waals surface area contributed by atoms with Gasteiger partial charge in [0.15, 0.2) is 0 Å². The predicted octanol–water partition coefficient (Wildman–Crippen LogP) is 4.96. The summed E-state index contributed by atoms with van der Waals surface area (Å²) in [5.41, 5.74) is 3.20. The Morgan fingerprint density at radius 2 is 2.04 bits per heavy atom. The molecular weight excluding hydrogens is 338 g/mol. The number of aromatic hydroxyl groups is 1. The van der Waals surface area contributed by atoms with Crippen molar-refractivity contribution in [3.63, 3.8) is 0 Å². The number of alkyl carbamates (subject to hydrolysis) is 1. The van der Waals surface area contributed by atoms with Crippen molar-refractivity contribution < 1.29 is 14.6 Å². The zero-order chi connectivity index (χ0) is 19.4. The van der Waals surface area contributed by atoms with Gasteiger partial charge in [-0.3, -0.25) is 0 Å². The van der Waals surface area contributed by atoms with Gasteiger partial charge in [-0.15, -0.1) is 0 Å². The van der Waals surface area contributed by atoms with Crippen LogP contribution in [0.5, 0.6) is 5.75 Å². The van der Waals surface area contributed by atoms with Crippen molar-refractivity contribution >= 4 is 6.09 Å². The van der Waals surface area contributed by atoms with Crippen LogP contribution in [0.1, 0.15) is 69.9 Å². The van der Waals surface area contributed by atoms with Gasteiger partial charge in [0.1, 0.15) is 5.75 Å². The van der Waals surface area contributed by atoms with Crippen LogP contribution >= 0.6 is 0 Å². The molecule has 6 atom stereocenters. The van der Waals surface area contributed by atoms with E-state index >= 15 is 0 Å². The lowest BCUT2D eigenvalue weighted by Crippen LogP contribution is -2.51. The van der Waals surface area contributed by atoms with E-state index in [-0.39, 0.29) is 17.4 Å². The monoisotopic (exact) mass is 371 g/mol. The van der Waals surface area contributed by atoms with E-state index in [1.807, 2.05) is 12.1 Å². The van der Waals surface area contributed by atoms with Gasteiger partial charge in [0, 0.05) is 12.5 Å². The molecule has 4 heteroatoms. The molecule has 3 aliphatic rings. The van der Waals surface area contributed by atoms with Crippen molar-refractivity contribution in [3.05, 3.63) is 29.3 Å². The van der Waals surface area contributed by atoms with E-state index in [0.29, 0.717) is 23.6 Å². The number of rotatable bonds is 2. The minimum absolute atomic E-state index is 0.166. The first-order chi connectivity index (χ1) is 12.8. The van der Waals surface area contributed by atoms with E-state index < -0.39 is 0 Å². The summed E-state index contributed by atoms with van der Waals surface area (Å²) >= 11 is 0. The van der Waals surface area contributed by atoms with Gasteiger partial charge < -0.3 is 15.2 Å². The van der Waals surface area contributed by atoms with Crippen molar-refractivity contribution in [2.24, 2.45) is 23.2 Å². The van der Waals surface area contributed by atoms with E-state index in [1.54, 1.807) is 0 Å². The first kappa shape index (κ1) is 18.6. The highest BCUT2D eigenvalue weighted by atomic mass is 16.5. The van der Waals surface area contributed by atoms with Crippen LogP contribution in [0.25, 0.3) is 0 Å². The molecule has 3 aliphatic carbocycles. The largest absolute Gasteiger partial charge is 0.508 e. The average molecular weight is 372 g/mol. The molecule has 27 heavy (non-hydrogen) atoms. The topological polar surface area (TPSA) is 58.6 Å². The van der Waals surface area contributed by atoms with Gasteiger partial charge in [-0.05, 0) is 83.9 Å². The van der Waals surface area contributed by atoms with Crippen LogP contribution in [-0.4, -0.2) is 24.9 Å². The summed E-state index contributed by atoms with van der Waals surface area (Å²) in [6, 6.07) is 5.90. The lowest BCUT2D eigenvalue weighted by Gasteiger charge is -2.57. The molecule has 4 unspecified atom stereocenters. The summed E-state index contributed by atoms with van der Waals surface area (Å²) in [5, 5.41) is 13.0. The Morgan fingerprint density at radius 1 is 1.26 bits per heavy atom. The Balaban J connectivity index is 1.73. The molecule has 0 aromatic heterocycles. The summed E-state index contributed by atoms with van der Waals surface area (Å²) < 4.78 is 4.78. The molecule has 4 rings (SSSR count). The van der Waals surface area contributed by atoms with E-state index in [0.717, 1.165) is 18.3 Å². The maximum Gasteiger partial charge on any atom is 0.406 e. The lowest BCUT2D eigenvalue weighted by molar-refractivity contribution is -0.0105. The number of phenolic OH excluding ortho intramolecular Hbond substituents is 1. The Hall–Kier alpha value is -1.71. The predicted molar refractivity (Wildman–Crippen MR) is 106 cm³/mol. The highest BCUT2D eigenvalue weighted by Crippen LogP contribution is 2.66. The molecule has 148 valence electrons. The van der Waals surface area contributed by atoms with Crippen molar-refractivity contribution in [2.45, 2.75) is 64.2 Å². The van der Waals surface area contributed by atoms with Crippen molar-refractivity contribution in [2.75, 3.05) is 13.7 Å². The highest BCUT2D eigenvalue weighted by Gasteiger charge is 2.58. The first-order valence-electron chi connectivity index (χ1n) is 10.4. The number of amides is 1. The van der Waals surface area contributed by atoms with Crippen LogP contribution < -0.4 is 5.32 Å². The Kier molecular flexibility index (Phi) is 4.44. The van der Waals surface area contributed by atoms with Gasteiger partial charge >= 0.3 is 6.09 Å². The molecule has 0 radical (unpaired) electrons. The number of methoxy groups -OCH3 is 1. The number of fused-ring (bicyclic) bond motifs is 5. The fraction of sp³-hybridized carbons (Fsp3) is 0.696. The highest BCUT2D eigenvalue weighted by molar-refractivity contribution is 5.67. The Bertz CT molecular complexity index is 747. The number of carbonyl (C=O) groups is 1. The molecule has 0 heterocycles. The molecule has 0 bridgehead atoms. The third kappa shape index (κ3) is 2.75. The van der Waals surface area contributed by atoms with Crippen LogP contribution in [0.2, 0.25) is 0 Å². The van der Waals surface area contributed by atoms with Gasteiger partial charge in [0.25, 0.3) is 0 Å². The second-order valence-corrected chi connectivity index (χ2v) is 9.69. The summed E-state index contributed by atoms with van der Waals surface area (Å²) in [6.07, 6.45) is 5.85. The lowest BCUT2D eigenvalue weighted by atomic mass is 9.47. The maximum absolute atomic E-state index is 11.7. The minimum Gasteiger partial charge on any atom is -0.508 e. The van der Waals surface area contributed by atoms with Gasteiger partial charge in [-0.25, -0.2) is 4.79 Å². The normalized spacial score (nSPS) is 39.9.